The predicted octanol–water partition coefficient (Wildman–Crippen LogP) is -0.785. The minimum absolute atomic E-state index is 0.136. The lowest BCUT2D eigenvalue weighted by molar-refractivity contribution is -0.237. The fourth-order valence-electron chi connectivity index (χ4n) is 2.59. The molecule has 1 rings (SSSR count). The molecule has 6 atom stereocenters. The Morgan fingerprint density at radius 3 is 1.87 bits per heavy atom. The average molecular weight is 451 g/mol. The van der Waals surface area contributed by atoms with Gasteiger partial charge >= 0.3 is 29.8 Å². The van der Waals surface area contributed by atoms with Gasteiger partial charge in [-0.2, -0.15) is 0 Å². The van der Waals surface area contributed by atoms with Gasteiger partial charge in [0.05, 0.1) is 0 Å². The van der Waals surface area contributed by atoms with Crippen LogP contribution in [0.5, 0.6) is 0 Å². The van der Waals surface area contributed by atoms with Gasteiger partial charge in [0.1, 0.15) is 24.2 Å². The summed E-state index contributed by atoms with van der Waals surface area (Å²) in [6, 6.07) is -1.25. The first-order valence-electron chi connectivity index (χ1n) is 8.82. The number of nitrogens with two attached hydrogens (primary N) is 1. The lowest BCUT2D eigenvalue weighted by Crippen LogP contribution is -2.61. The Morgan fingerprint density at radius 2 is 1.40 bits per heavy atom. The van der Waals surface area contributed by atoms with Crippen LogP contribution in [0.2, 0.25) is 0 Å². The van der Waals surface area contributed by atoms with Crippen molar-refractivity contribution in [2.75, 3.05) is 12.4 Å². The van der Waals surface area contributed by atoms with Crippen LogP contribution >= 0.6 is 11.8 Å². The second kappa shape index (κ2) is 11.7. The van der Waals surface area contributed by atoms with Crippen molar-refractivity contribution < 1.29 is 52.8 Å². The molecule has 0 unspecified atom stereocenters. The monoisotopic (exact) mass is 451 g/mol. The Labute approximate surface area is 176 Å². The molecule has 170 valence electrons. The molecule has 0 aromatic rings. The molecule has 0 amide bonds. The molecule has 1 saturated heterocycles. The van der Waals surface area contributed by atoms with Gasteiger partial charge in [-0.05, 0) is 0 Å². The van der Waals surface area contributed by atoms with Crippen molar-refractivity contribution in [1.82, 2.24) is 0 Å². The van der Waals surface area contributed by atoms with Gasteiger partial charge in [-0.3, -0.25) is 24.0 Å². The first-order valence-corrected chi connectivity index (χ1v) is 9.87. The van der Waals surface area contributed by atoms with Gasteiger partial charge in [0.2, 0.25) is 0 Å². The summed E-state index contributed by atoms with van der Waals surface area (Å²) < 4.78 is 26.5. The van der Waals surface area contributed by atoms with E-state index in [0.717, 1.165) is 39.5 Å². The van der Waals surface area contributed by atoms with Gasteiger partial charge in [-0.25, -0.2) is 0 Å². The minimum Gasteiger partial charge on any atom is -0.480 e. The van der Waals surface area contributed by atoms with E-state index in [-0.39, 0.29) is 12.4 Å². The van der Waals surface area contributed by atoms with E-state index in [1.165, 1.54) is 0 Å². The van der Waals surface area contributed by atoms with Crippen molar-refractivity contribution in [3.05, 3.63) is 0 Å². The molecule has 1 aliphatic rings. The molecule has 0 bridgehead atoms. The van der Waals surface area contributed by atoms with Crippen LogP contribution in [0.1, 0.15) is 27.7 Å². The molecular weight excluding hydrogens is 426 g/mol. The van der Waals surface area contributed by atoms with Crippen molar-refractivity contribution in [3.63, 3.8) is 0 Å². The number of hydrogen-bond acceptors (Lipinski definition) is 12. The van der Waals surface area contributed by atoms with Crippen LogP contribution in [-0.2, 0) is 47.7 Å². The van der Waals surface area contributed by atoms with Crippen LogP contribution in [0.4, 0.5) is 0 Å². The molecule has 0 radical (unpaired) electrons. The minimum atomic E-state index is -1.30. The number of carboxylic acids is 1. The third-order valence-corrected chi connectivity index (χ3v) is 4.96. The van der Waals surface area contributed by atoms with Gasteiger partial charge in [0.15, 0.2) is 18.3 Å². The zero-order chi connectivity index (χ0) is 23.0. The molecule has 1 heterocycles. The summed E-state index contributed by atoms with van der Waals surface area (Å²) in [5.74, 6) is -4.27. The Morgan fingerprint density at radius 1 is 0.900 bits per heavy atom. The second-order valence-corrected chi connectivity index (χ2v) is 7.48. The summed E-state index contributed by atoms with van der Waals surface area (Å²) in [5, 5.41) is 8.98. The van der Waals surface area contributed by atoms with E-state index >= 15 is 0 Å². The van der Waals surface area contributed by atoms with E-state index in [1.54, 1.807) is 0 Å². The summed E-state index contributed by atoms with van der Waals surface area (Å²) in [7, 11) is 0. The Bertz CT molecular complexity index is 670. The van der Waals surface area contributed by atoms with Crippen LogP contribution < -0.4 is 5.73 Å². The number of aliphatic carboxylic acids is 1. The smallest absolute Gasteiger partial charge is 0.321 e. The van der Waals surface area contributed by atoms with E-state index in [1.807, 2.05) is 0 Å². The molecule has 1 aliphatic heterocycles. The Hall–Kier alpha value is -2.38. The summed E-state index contributed by atoms with van der Waals surface area (Å²) in [6.07, 6.45) is -4.91. The van der Waals surface area contributed by atoms with E-state index in [0.29, 0.717) is 0 Å². The molecule has 30 heavy (non-hydrogen) atoms. The third-order valence-electron chi connectivity index (χ3n) is 3.71. The van der Waals surface area contributed by atoms with Crippen LogP contribution in [0.3, 0.4) is 0 Å². The van der Waals surface area contributed by atoms with Crippen LogP contribution in [0, 0.1) is 0 Å². The summed E-state index contributed by atoms with van der Waals surface area (Å²) in [5.41, 5.74) is 4.45. The quantitative estimate of drug-likeness (QED) is 0.329. The SMILES string of the molecule is CC(=O)OC[C@H]1O[C@@H](SC[C@H](N)C(=O)O)[C@H](OC(C)=O)[C@@H](OC(C)=O)[C@@H]1OC(C)=O. The highest BCUT2D eigenvalue weighted by molar-refractivity contribution is 7.99. The van der Waals surface area contributed by atoms with Crippen molar-refractivity contribution in [1.29, 1.82) is 0 Å². The summed E-state index contributed by atoms with van der Waals surface area (Å²) >= 11 is 0.896. The highest BCUT2D eigenvalue weighted by Gasteiger charge is 2.52. The fourth-order valence-corrected chi connectivity index (χ4v) is 3.75. The number of esters is 4. The lowest BCUT2D eigenvalue weighted by Gasteiger charge is -2.44. The molecule has 0 aromatic heterocycles. The molecular formula is C17H25NO11S. The van der Waals surface area contributed by atoms with Crippen molar-refractivity contribution in [2.45, 2.75) is 63.6 Å². The normalized spacial score (nSPS) is 26.8. The molecule has 12 nitrogen and oxygen atoms in total. The predicted molar refractivity (Wildman–Crippen MR) is 100 cm³/mol. The van der Waals surface area contributed by atoms with Crippen molar-refractivity contribution in [3.8, 4) is 0 Å². The highest BCUT2D eigenvalue weighted by atomic mass is 32.2. The lowest BCUT2D eigenvalue weighted by atomic mass is 9.99. The number of thioether (sulfide) groups is 1. The fraction of sp³-hybridized carbons (Fsp3) is 0.706. The number of ether oxygens (including phenoxy) is 5. The maximum absolute atomic E-state index is 11.7. The number of carboxylic acid groups (broad SMARTS) is 1. The molecule has 13 heteroatoms. The standard InChI is InChI=1S/C17H25NO11S/c1-7(19)25-5-12-13(26-8(2)20)14(27-9(3)21)15(28-10(4)22)17(29-12)30-6-11(18)16(23)24/h11-15,17H,5-6,18H2,1-4H3,(H,23,24)/t11-,12+,13+,14-,15+,17-/m0/s1. The maximum Gasteiger partial charge on any atom is 0.321 e. The van der Waals surface area contributed by atoms with Crippen LogP contribution in [0.25, 0.3) is 0 Å². The summed E-state index contributed by atoms with van der Waals surface area (Å²) in [4.78, 5) is 57.2. The van der Waals surface area contributed by atoms with Gasteiger partial charge in [0.25, 0.3) is 0 Å². The van der Waals surface area contributed by atoms with Gasteiger partial charge in [-0.15, -0.1) is 11.8 Å². The Kier molecular flexibility index (Phi) is 10.0. The van der Waals surface area contributed by atoms with E-state index < -0.39 is 65.7 Å². The van der Waals surface area contributed by atoms with Gasteiger partial charge in [0, 0.05) is 33.4 Å². The van der Waals surface area contributed by atoms with E-state index in [4.69, 9.17) is 34.5 Å². The van der Waals surface area contributed by atoms with Crippen molar-refractivity contribution >= 4 is 41.6 Å². The number of carbonyl (C=O) groups excluding carboxylic acids is 4. The second-order valence-electron chi connectivity index (χ2n) is 6.35. The van der Waals surface area contributed by atoms with E-state index in [2.05, 4.69) is 0 Å². The highest BCUT2D eigenvalue weighted by Crippen LogP contribution is 2.34. The van der Waals surface area contributed by atoms with Crippen LogP contribution in [-0.4, -0.2) is 83.2 Å². The zero-order valence-corrected chi connectivity index (χ0v) is 17.7. The zero-order valence-electron chi connectivity index (χ0n) is 16.9. The topological polar surface area (TPSA) is 178 Å². The Balaban J connectivity index is 3.27. The molecule has 0 aliphatic carbocycles. The number of rotatable bonds is 9. The van der Waals surface area contributed by atoms with Gasteiger partial charge in [-0.1, -0.05) is 0 Å². The molecule has 0 aromatic carbocycles. The molecule has 0 saturated carbocycles. The third kappa shape index (κ3) is 8.16. The molecule has 0 spiro atoms. The number of carbonyl (C=O) groups is 5. The maximum atomic E-state index is 11.7. The summed E-state index contributed by atoms with van der Waals surface area (Å²) in [6.45, 7) is 4.13. The average Bonchev–Trinajstić information content (AvgIpc) is 2.60. The molecule has 1 fully saturated rings. The molecule has 3 N–H and O–H groups in total. The first-order chi connectivity index (χ1) is 13.9. The largest absolute Gasteiger partial charge is 0.480 e. The van der Waals surface area contributed by atoms with Crippen LogP contribution in [0.15, 0.2) is 0 Å². The van der Waals surface area contributed by atoms with E-state index in [9.17, 15) is 24.0 Å². The number of hydrogen-bond donors (Lipinski definition) is 2. The van der Waals surface area contributed by atoms with Gasteiger partial charge < -0.3 is 34.5 Å². The van der Waals surface area contributed by atoms with Crippen molar-refractivity contribution in [2.24, 2.45) is 5.73 Å². The first kappa shape index (κ1) is 25.7.